The first kappa shape index (κ1) is 27.3. The first-order valence-corrected chi connectivity index (χ1v) is 11.3. The smallest absolute Gasteiger partial charge is 0.432 e. The van der Waals surface area contributed by atoms with E-state index in [4.69, 9.17) is 18.9 Å². The van der Waals surface area contributed by atoms with E-state index in [-0.39, 0.29) is 25.0 Å². The van der Waals surface area contributed by atoms with E-state index < -0.39 is 34.8 Å². The number of carbonyl (C=O) groups excluding carboxylic acids is 2. The molecule has 0 unspecified atom stereocenters. The second kappa shape index (κ2) is 10.7. The highest BCUT2D eigenvalue weighted by molar-refractivity contribution is 5.89. The minimum Gasteiger partial charge on any atom is -0.493 e. The highest BCUT2D eigenvalue weighted by Gasteiger charge is 2.65. The van der Waals surface area contributed by atoms with Gasteiger partial charge in [0.1, 0.15) is 11.9 Å². The maximum absolute atomic E-state index is 14.2. The van der Waals surface area contributed by atoms with Crippen LogP contribution in [0.4, 0.5) is 13.2 Å². The number of halogens is 3. The van der Waals surface area contributed by atoms with Gasteiger partial charge in [-0.3, -0.25) is 4.79 Å². The van der Waals surface area contributed by atoms with Crippen molar-refractivity contribution in [2.75, 3.05) is 21.3 Å². The number of hydrogen-bond donors (Lipinski definition) is 0. The third-order valence-electron chi connectivity index (χ3n) is 6.66. The number of allylic oxidation sites excluding steroid dienone is 1. The monoisotopic (exact) mass is 506 g/mol. The molecule has 2 aromatic rings. The summed E-state index contributed by atoms with van der Waals surface area (Å²) in [4.78, 5) is 25.9. The summed E-state index contributed by atoms with van der Waals surface area (Å²) in [5.41, 5.74) is -4.12. The highest BCUT2D eigenvalue weighted by Crippen LogP contribution is 2.46. The molecule has 6 nitrogen and oxygen atoms in total. The molecule has 1 aliphatic rings. The lowest BCUT2D eigenvalue weighted by atomic mass is 9.81. The van der Waals surface area contributed by atoms with Crippen molar-refractivity contribution in [1.29, 1.82) is 0 Å². The molecule has 0 heterocycles. The number of rotatable bonds is 9. The zero-order chi connectivity index (χ0) is 26.6. The summed E-state index contributed by atoms with van der Waals surface area (Å²) >= 11 is 0. The third-order valence-corrected chi connectivity index (χ3v) is 6.66. The van der Waals surface area contributed by atoms with E-state index in [9.17, 15) is 22.8 Å². The highest BCUT2D eigenvalue weighted by atomic mass is 19.4. The molecule has 194 valence electrons. The standard InChI is InChI=1S/C27H29F3O6/c1-25(16-8-9-18-12-13-20(33-2)21(17-18)34-3)22(31)14-15-23(25)36-24(32)26(35-4,27(28,29)30)19-10-6-5-7-11-19/h5-13,17,23H,14-16H2,1-4H3/b9-8+/t23-,25-,26+/m0/s1. The molecule has 1 aliphatic carbocycles. The van der Waals surface area contributed by atoms with Crippen molar-refractivity contribution in [1.82, 2.24) is 0 Å². The van der Waals surface area contributed by atoms with Crippen LogP contribution in [-0.4, -0.2) is 45.4 Å². The fourth-order valence-corrected chi connectivity index (χ4v) is 4.48. The van der Waals surface area contributed by atoms with E-state index in [1.54, 1.807) is 37.3 Å². The average molecular weight is 507 g/mol. The number of benzene rings is 2. The SMILES string of the molecule is COc1ccc(/C=C/C[C@@]2(C)C(=O)CC[C@@H]2OC(=O)[C@](OC)(c2ccccc2)C(F)(F)F)cc1OC. The first-order chi connectivity index (χ1) is 17.0. The zero-order valence-corrected chi connectivity index (χ0v) is 20.6. The van der Waals surface area contributed by atoms with Crippen LogP contribution in [0, 0.1) is 5.41 Å². The minimum atomic E-state index is -5.09. The van der Waals surface area contributed by atoms with Crippen molar-refractivity contribution in [2.45, 2.75) is 44.1 Å². The molecule has 0 N–H and O–H groups in total. The Morgan fingerprint density at radius 2 is 1.72 bits per heavy atom. The molecular formula is C27H29F3O6. The molecule has 0 saturated heterocycles. The Labute approximate surface area is 208 Å². The van der Waals surface area contributed by atoms with Crippen LogP contribution >= 0.6 is 0 Å². The van der Waals surface area contributed by atoms with Gasteiger partial charge in [0.25, 0.3) is 5.60 Å². The lowest BCUT2D eigenvalue weighted by Crippen LogP contribution is -2.53. The molecule has 0 aromatic heterocycles. The summed E-state index contributed by atoms with van der Waals surface area (Å²) in [6.45, 7) is 1.60. The van der Waals surface area contributed by atoms with Gasteiger partial charge in [0, 0.05) is 19.1 Å². The Balaban J connectivity index is 1.85. The van der Waals surface area contributed by atoms with Crippen molar-refractivity contribution in [2.24, 2.45) is 5.41 Å². The van der Waals surface area contributed by atoms with E-state index in [2.05, 4.69) is 0 Å². The minimum absolute atomic E-state index is 0.0932. The predicted molar refractivity (Wildman–Crippen MR) is 127 cm³/mol. The molecule has 0 aliphatic heterocycles. The predicted octanol–water partition coefficient (Wildman–Crippen LogP) is 5.49. The van der Waals surface area contributed by atoms with Gasteiger partial charge >= 0.3 is 12.1 Å². The van der Waals surface area contributed by atoms with Gasteiger partial charge in [0.05, 0.1) is 19.6 Å². The molecule has 9 heteroatoms. The molecule has 0 amide bonds. The number of hydrogen-bond acceptors (Lipinski definition) is 6. The normalized spacial score (nSPS) is 21.9. The van der Waals surface area contributed by atoms with Gasteiger partial charge in [0.2, 0.25) is 0 Å². The van der Waals surface area contributed by atoms with Gasteiger partial charge in [-0.1, -0.05) is 48.6 Å². The third kappa shape index (κ3) is 4.97. The van der Waals surface area contributed by atoms with Gasteiger partial charge in [0.15, 0.2) is 11.5 Å². The summed E-state index contributed by atoms with van der Waals surface area (Å²) in [6.07, 6.45) is -2.27. The van der Waals surface area contributed by atoms with Gasteiger partial charge in [-0.2, -0.15) is 13.2 Å². The van der Waals surface area contributed by atoms with E-state index >= 15 is 0 Å². The number of carbonyl (C=O) groups is 2. The lowest BCUT2D eigenvalue weighted by Gasteiger charge is -2.36. The van der Waals surface area contributed by atoms with Crippen LogP contribution in [0.2, 0.25) is 0 Å². The van der Waals surface area contributed by atoms with Crippen LogP contribution in [0.5, 0.6) is 11.5 Å². The van der Waals surface area contributed by atoms with Gasteiger partial charge in [-0.25, -0.2) is 4.79 Å². The summed E-state index contributed by atoms with van der Waals surface area (Å²) < 4.78 is 63.5. The van der Waals surface area contributed by atoms with Crippen LogP contribution in [0.3, 0.4) is 0 Å². The maximum Gasteiger partial charge on any atom is 0.432 e. The summed E-state index contributed by atoms with van der Waals surface area (Å²) in [5.74, 6) is -0.701. The molecule has 1 fully saturated rings. The Morgan fingerprint density at radius 1 is 1.06 bits per heavy atom. The molecule has 36 heavy (non-hydrogen) atoms. The Hall–Kier alpha value is -3.33. The Bertz CT molecular complexity index is 1110. The van der Waals surface area contributed by atoms with Crippen LogP contribution in [-0.2, 0) is 24.7 Å². The quantitative estimate of drug-likeness (QED) is 0.419. The number of ketones is 1. The second-order valence-electron chi connectivity index (χ2n) is 8.74. The van der Waals surface area contributed by atoms with Crippen LogP contribution in [0.1, 0.15) is 37.3 Å². The van der Waals surface area contributed by atoms with E-state index in [0.717, 1.165) is 24.8 Å². The Morgan fingerprint density at radius 3 is 2.31 bits per heavy atom. The average Bonchev–Trinajstić information content (AvgIpc) is 3.12. The number of methoxy groups -OCH3 is 3. The Kier molecular flexibility index (Phi) is 8.13. The number of esters is 1. The van der Waals surface area contributed by atoms with Gasteiger partial charge in [-0.15, -0.1) is 0 Å². The van der Waals surface area contributed by atoms with Crippen molar-refractivity contribution in [3.63, 3.8) is 0 Å². The van der Waals surface area contributed by atoms with Crippen LogP contribution in [0.15, 0.2) is 54.6 Å². The topological polar surface area (TPSA) is 71.1 Å². The van der Waals surface area contributed by atoms with Crippen molar-refractivity contribution in [3.05, 3.63) is 65.7 Å². The molecule has 0 bridgehead atoms. The number of ether oxygens (including phenoxy) is 4. The van der Waals surface area contributed by atoms with E-state index in [1.165, 1.54) is 32.4 Å². The summed E-state index contributed by atoms with van der Waals surface area (Å²) in [5, 5.41) is 0. The maximum atomic E-state index is 14.2. The van der Waals surface area contributed by atoms with Crippen molar-refractivity contribution < 1.29 is 41.7 Å². The first-order valence-electron chi connectivity index (χ1n) is 11.3. The number of alkyl halides is 3. The zero-order valence-electron chi connectivity index (χ0n) is 20.6. The molecular weight excluding hydrogens is 477 g/mol. The van der Waals surface area contributed by atoms with Crippen molar-refractivity contribution >= 4 is 17.8 Å². The lowest BCUT2D eigenvalue weighted by molar-refractivity contribution is -0.279. The fraction of sp³-hybridized carbons (Fsp3) is 0.407. The molecule has 0 radical (unpaired) electrons. The van der Waals surface area contributed by atoms with E-state index in [0.29, 0.717) is 11.5 Å². The summed E-state index contributed by atoms with van der Waals surface area (Å²) in [6, 6.07) is 11.9. The van der Waals surface area contributed by atoms with Gasteiger partial charge < -0.3 is 18.9 Å². The second-order valence-corrected chi connectivity index (χ2v) is 8.74. The van der Waals surface area contributed by atoms with Crippen LogP contribution in [0.25, 0.3) is 6.08 Å². The molecule has 0 spiro atoms. The van der Waals surface area contributed by atoms with Crippen molar-refractivity contribution in [3.8, 4) is 11.5 Å². The van der Waals surface area contributed by atoms with Gasteiger partial charge in [-0.05, 0) is 37.5 Å². The largest absolute Gasteiger partial charge is 0.493 e. The number of Topliss-reactive ketones (excluding diaryl/α,β-unsaturated/α-hetero) is 1. The molecule has 1 saturated carbocycles. The van der Waals surface area contributed by atoms with E-state index in [1.807, 2.05) is 0 Å². The summed E-state index contributed by atoms with van der Waals surface area (Å²) in [7, 11) is 3.85. The van der Waals surface area contributed by atoms with Crippen LogP contribution < -0.4 is 9.47 Å². The fourth-order valence-electron chi connectivity index (χ4n) is 4.48. The molecule has 3 atom stereocenters. The molecule has 3 rings (SSSR count). The molecule has 2 aromatic carbocycles.